The van der Waals surface area contributed by atoms with Crippen molar-refractivity contribution in [3.63, 3.8) is 0 Å². The third-order valence-electron chi connectivity index (χ3n) is 6.98. The van der Waals surface area contributed by atoms with Gasteiger partial charge in [-0.3, -0.25) is 0 Å². The zero-order valence-corrected chi connectivity index (χ0v) is 19.4. The van der Waals surface area contributed by atoms with Gasteiger partial charge >= 0.3 is 0 Å². The molecule has 11 heteroatoms. The van der Waals surface area contributed by atoms with Gasteiger partial charge in [0, 0.05) is 44.1 Å². The first-order chi connectivity index (χ1) is 16.9. The lowest BCUT2D eigenvalue weighted by Gasteiger charge is -2.43. The van der Waals surface area contributed by atoms with Gasteiger partial charge in [-0.25, -0.2) is 13.8 Å². The molecule has 3 aromatic rings. The fraction of sp³-hybridized carbons (Fsp3) is 0.375. The molecular formula is C24H23ClF2N6O2. The molecule has 5 heterocycles. The van der Waals surface area contributed by atoms with Gasteiger partial charge in [0.25, 0.3) is 6.43 Å². The largest absolute Gasteiger partial charge is 0.506 e. The number of rotatable bonds is 4. The maximum Gasteiger partial charge on any atom is 0.263 e. The quantitative estimate of drug-likeness (QED) is 0.500. The molecule has 6 rings (SSSR count). The van der Waals surface area contributed by atoms with Crippen molar-refractivity contribution < 1.29 is 18.6 Å². The van der Waals surface area contributed by atoms with Gasteiger partial charge in [-0.2, -0.15) is 0 Å². The van der Waals surface area contributed by atoms with Crippen LogP contribution in [0.3, 0.4) is 0 Å². The molecule has 182 valence electrons. The number of phenols is 1. The number of hydrogen-bond acceptors (Lipinski definition) is 8. The number of nitrogens with one attached hydrogen (secondary N) is 2. The molecule has 2 atom stereocenters. The van der Waals surface area contributed by atoms with E-state index in [1.807, 2.05) is 6.07 Å². The summed E-state index contributed by atoms with van der Waals surface area (Å²) in [6, 6.07) is 10.3. The fourth-order valence-electron chi connectivity index (χ4n) is 5.18. The highest BCUT2D eigenvalue weighted by Gasteiger charge is 2.56. The summed E-state index contributed by atoms with van der Waals surface area (Å²) in [5, 5.41) is 25.3. The SMILES string of the molecule is Oc1c(Cl)cccc1-c1cc2c(nn1)NC[C@@]1(C(F)F)C[C@@H](Oc3ccc4c(n3)CCNC4)CN21. The zero-order chi connectivity index (χ0) is 24.2. The number of benzene rings is 1. The lowest BCUT2D eigenvalue weighted by Crippen LogP contribution is -2.57. The van der Waals surface area contributed by atoms with Gasteiger partial charge in [0.2, 0.25) is 5.88 Å². The highest BCUT2D eigenvalue weighted by atomic mass is 35.5. The number of para-hydroxylation sites is 1. The summed E-state index contributed by atoms with van der Waals surface area (Å²) >= 11 is 6.05. The molecule has 2 aromatic heterocycles. The van der Waals surface area contributed by atoms with Crippen LogP contribution >= 0.6 is 11.6 Å². The number of phenolic OH excluding ortho intramolecular Hbond substituents is 1. The first kappa shape index (κ1) is 22.2. The van der Waals surface area contributed by atoms with Gasteiger partial charge in [0.1, 0.15) is 17.4 Å². The third kappa shape index (κ3) is 3.71. The minimum absolute atomic E-state index is 0.0112. The number of hydrogen-bond donors (Lipinski definition) is 3. The van der Waals surface area contributed by atoms with Crippen LogP contribution in [0.25, 0.3) is 11.3 Å². The van der Waals surface area contributed by atoms with E-state index in [0.29, 0.717) is 28.6 Å². The van der Waals surface area contributed by atoms with Crippen LogP contribution in [-0.2, 0) is 13.0 Å². The van der Waals surface area contributed by atoms with Crippen molar-refractivity contribution in [1.82, 2.24) is 20.5 Å². The second-order valence-electron chi connectivity index (χ2n) is 9.09. The Morgan fingerprint density at radius 2 is 2.11 bits per heavy atom. The van der Waals surface area contributed by atoms with E-state index in [1.54, 1.807) is 35.2 Å². The molecule has 3 aliphatic heterocycles. The van der Waals surface area contributed by atoms with Gasteiger partial charge in [0.15, 0.2) is 5.82 Å². The Bertz CT molecular complexity index is 1290. The second-order valence-corrected chi connectivity index (χ2v) is 9.50. The van der Waals surface area contributed by atoms with Gasteiger partial charge in [-0.05, 0) is 23.8 Å². The molecule has 1 fully saturated rings. The van der Waals surface area contributed by atoms with Gasteiger partial charge < -0.3 is 25.4 Å². The van der Waals surface area contributed by atoms with E-state index in [0.717, 1.165) is 30.8 Å². The van der Waals surface area contributed by atoms with E-state index >= 15 is 0 Å². The Morgan fingerprint density at radius 3 is 2.97 bits per heavy atom. The van der Waals surface area contributed by atoms with Crippen molar-refractivity contribution >= 4 is 23.1 Å². The molecule has 35 heavy (non-hydrogen) atoms. The first-order valence-electron chi connectivity index (χ1n) is 11.5. The smallest absolute Gasteiger partial charge is 0.263 e. The topological polar surface area (TPSA) is 95.4 Å². The Balaban J connectivity index is 1.33. The zero-order valence-electron chi connectivity index (χ0n) is 18.6. The van der Waals surface area contributed by atoms with E-state index in [9.17, 15) is 13.9 Å². The summed E-state index contributed by atoms with van der Waals surface area (Å²) in [6.45, 7) is 1.87. The number of nitrogens with zero attached hydrogens (tertiary/aromatic N) is 4. The van der Waals surface area contributed by atoms with Crippen LogP contribution in [0.4, 0.5) is 20.3 Å². The maximum atomic E-state index is 14.6. The molecule has 0 unspecified atom stereocenters. The van der Waals surface area contributed by atoms with Crippen LogP contribution in [0.2, 0.25) is 5.02 Å². The summed E-state index contributed by atoms with van der Waals surface area (Å²) in [5.41, 5.74) is 1.84. The van der Waals surface area contributed by atoms with Crippen LogP contribution in [0.5, 0.6) is 11.6 Å². The summed E-state index contributed by atoms with van der Waals surface area (Å²) in [6.07, 6.45) is -2.19. The molecule has 0 bridgehead atoms. The number of halogens is 3. The van der Waals surface area contributed by atoms with E-state index in [4.69, 9.17) is 16.3 Å². The molecule has 1 aromatic carbocycles. The Labute approximate surface area is 205 Å². The van der Waals surface area contributed by atoms with E-state index in [-0.39, 0.29) is 30.3 Å². The molecule has 0 radical (unpaired) electrons. The van der Waals surface area contributed by atoms with Crippen LogP contribution in [0, 0.1) is 0 Å². The molecular weight excluding hydrogens is 478 g/mol. The maximum absolute atomic E-state index is 14.6. The molecule has 3 N–H and O–H groups in total. The third-order valence-corrected chi connectivity index (χ3v) is 7.29. The van der Waals surface area contributed by atoms with Gasteiger partial charge in [-0.15, -0.1) is 10.2 Å². The van der Waals surface area contributed by atoms with Crippen LogP contribution in [-0.4, -0.2) is 58.0 Å². The molecule has 8 nitrogen and oxygen atoms in total. The minimum Gasteiger partial charge on any atom is -0.506 e. The van der Waals surface area contributed by atoms with Crippen LogP contribution in [0.15, 0.2) is 36.4 Å². The van der Waals surface area contributed by atoms with Crippen molar-refractivity contribution in [2.45, 2.75) is 37.5 Å². The van der Waals surface area contributed by atoms with Crippen LogP contribution < -0.4 is 20.3 Å². The summed E-state index contributed by atoms with van der Waals surface area (Å²) < 4.78 is 35.3. The van der Waals surface area contributed by atoms with E-state index in [1.165, 1.54) is 0 Å². The molecule has 1 saturated heterocycles. The Hall–Kier alpha value is -3.24. The molecule has 0 spiro atoms. The molecule has 0 amide bonds. The van der Waals surface area contributed by atoms with E-state index in [2.05, 4.69) is 25.8 Å². The average molecular weight is 501 g/mol. The van der Waals surface area contributed by atoms with Gasteiger partial charge in [-0.1, -0.05) is 23.7 Å². The van der Waals surface area contributed by atoms with Crippen molar-refractivity contribution in [2.24, 2.45) is 0 Å². The lowest BCUT2D eigenvalue weighted by atomic mass is 9.93. The predicted molar refractivity (Wildman–Crippen MR) is 127 cm³/mol. The van der Waals surface area contributed by atoms with Crippen LogP contribution in [0.1, 0.15) is 17.7 Å². The summed E-state index contributed by atoms with van der Waals surface area (Å²) in [4.78, 5) is 6.29. The lowest BCUT2D eigenvalue weighted by molar-refractivity contribution is 0.0528. The second kappa shape index (κ2) is 8.46. The van der Waals surface area contributed by atoms with Crippen molar-refractivity contribution in [1.29, 1.82) is 0 Å². The highest BCUT2D eigenvalue weighted by molar-refractivity contribution is 6.32. The van der Waals surface area contributed by atoms with E-state index < -0.39 is 18.1 Å². The fourth-order valence-corrected chi connectivity index (χ4v) is 5.36. The average Bonchev–Trinajstić information content (AvgIpc) is 3.25. The summed E-state index contributed by atoms with van der Waals surface area (Å²) in [7, 11) is 0. The molecule has 0 saturated carbocycles. The number of alkyl halides is 2. The number of pyridine rings is 1. The number of fused-ring (bicyclic) bond motifs is 4. The number of aromatic hydroxyl groups is 1. The number of anilines is 2. The van der Waals surface area contributed by atoms with Crippen molar-refractivity contribution in [2.75, 3.05) is 29.9 Å². The Kier molecular flexibility index (Phi) is 5.37. The number of ether oxygens (including phenoxy) is 1. The summed E-state index contributed by atoms with van der Waals surface area (Å²) in [5.74, 6) is 0.723. The monoisotopic (exact) mass is 500 g/mol. The standard InChI is InChI=1S/C24H23ClF2N6O2/c25-16-3-1-2-15(21(16)34)18-8-19-22(32-31-18)29-12-24(23(26)27)9-14(11-33(19)24)35-20-5-4-13-10-28-7-6-17(13)30-20/h1-5,8,14,23,28,34H,6-7,9-12H2,(H,29,32)/t14-,24-/m1/s1. The molecule has 0 aliphatic carbocycles. The van der Waals surface area contributed by atoms with Crippen molar-refractivity contribution in [3.8, 4) is 22.9 Å². The molecule has 3 aliphatic rings. The highest BCUT2D eigenvalue weighted by Crippen LogP contribution is 2.46. The minimum atomic E-state index is -2.63. The van der Waals surface area contributed by atoms with Crippen molar-refractivity contribution in [3.05, 3.63) is 52.7 Å². The number of aromatic nitrogens is 3. The first-order valence-corrected chi connectivity index (χ1v) is 11.8. The van der Waals surface area contributed by atoms with Gasteiger partial charge in [0.05, 0.1) is 28.6 Å². The normalized spacial score (nSPS) is 22.9. The Morgan fingerprint density at radius 1 is 1.23 bits per heavy atom. The predicted octanol–water partition coefficient (Wildman–Crippen LogP) is 3.63.